The quantitative estimate of drug-likeness (QED) is 0.534. The summed E-state index contributed by atoms with van der Waals surface area (Å²) in [5.41, 5.74) is 2.07. The Balaban J connectivity index is 2.50. The molecule has 0 aromatic carbocycles. The molecule has 0 radical (unpaired) electrons. The van der Waals surface area contributed by atoms with Gasteiger partial charge in [-0.1, -0.05) is 0 Å². The van der Waals surface area contributed by atoms with Crippen LogP contribution in [0.5, 0.6) is 0 Å². The third-order valence-electron chi connectivity index (χ3n) is 5.03. The Kier molecular flexibility index (Phi) is 6.48. The summed E-state index contributed by atoms with van der Waals surface area (Å²) in [5, 5.41) is 0. The van der Waals surface area contributed by atoms with Crippen molar-refractivity contribution in [1.82, 2.24) is 9.47 Å². The van der Waals surface area contributed by atoms with Crippen LogP contribution in [0.25, 0.3) is 0 Å². The normalized spacial score (nSPS) is 12.1. The lowest BCUT2D eigenvalue weighted by Crippen LogP contribution is -2.47. The Morgan fingerprint density at radius 2 is 1.86 bits per heavy atom. The van der Waals surface area contributed by atoms with E-state index in [4.69, 9.17) is 9.15 Å². The minimum absolute atomic E-state index is 0.183. The first-order valence-electron chi connectivity index (χ1n) is 9.35. The topological polar surface area (TPSA) is 81.8 Å². The van der Waals surface area contributed by atoms with Crippen LogP contribution in [0.1, 0.15) is 70.4 Å². The van der Waals surface area contributed by atoms with Crippen LogP contribution in [0.15, 0.2) is 22.8 Å². The number of aromatic nitrogens is 1. The van der Waals surface area contributed by atoms with Crippen LogP contribution < -0.4 is 0 Å². The first-order chi connectivity index (χ1) is 13.2. The van der Waals surface area contributed by atoms with Crippen molar-refractivity contribution in [1.29, 1.82) is 0 Å². The number of Topliss-reactive ketones (excluding diaryl/α,β-unsaturated/α-hetero) is 1. The molecule has 2 rings (SSSR count). The van der Waals surface area contributed by atoms with Crippen molar-refractivity contribution in [2.75, 3.05) is 7.11 Å². The van der Waals surface area contributed by atoms with Gasteiger partial charge >= 0.3 is 5.97 Å². The smallest absolute Gasteiger partial charge is 0.354 e. The fourth-order valence-electron chi connectivity index (χ4n) is 3.73. The van der Waals surface area contributed by atoms with Gasteiger partial charge in [0.1, 0.15) is 5.69 Å². The third-order valence-corrected chi connectivity index (χ3v) is 5.03. The Hall–Kier alpha value is -2.83. The van der Waals surface area contributed by atoms with Gasteiger partial charge in [-0.3, -0.25) is 9.59 Å². The summed E-state index contributed by atoms with van der Waals surface area (Å²) >= 11 is 0. The number of esters is 1. The van der Waals surface area contributed by atoms with Gasteiger partial charge in [-0.05, 0) is 59.2 Å². The van der Waals surface area contributed by atoms with Crippen LogP contribution in [0.2, 0.25) is 0 Å². The van der Waals surface area contributed by atoms with Gasteiger partial charge in [0.15, 0.2) is 11.5 Å². The molecule has 0 saturated heterocycles. The maximum absolute atomic E-state index is 13.4. The molecule has 2 aromatic rings. The highest BCUT2D eigenvalue weighted by molar-refractivity contribution is 6.07. The van der Waals surface area contributed by atoms with E-state index in [1.807, 2.05) is 20.8 Å². The zero-order valence-electron chi connectivity index (χ0n) is 17.5. The molecule has 0 spiro atoms. The van der Waals surface area contributed by atoms with Crippen molar-refractivity contribution in [3.8, 4) is 0 Å². The monoisotopic (exact) mass is 388 g/mol. The van der Waals surface area contributed by atoms with E-state index in [9.17, 15) is 14.4 Å². The average Bonchev–Trinajstić information content (AvgIpc) is 3.26. The van der Waals surface area contributed by atoms with Crippen molar-refractivity contribution in [3.63, 3.8) is 0 Å². The minimum atomic E-state index is -0.729. The van der Waals surface area contributed by atoms with Gasteiger partial charge in [-0.15, -0.1) is 0 Å². The van der Waals surface area contributed by atoms with Crippen molar-refractivity contribution < 1.29 is 23.5 Å². The predicted octanol–water partition coefficient (Wildman–Crippen LogP) is 3.63. The second kappa shape index (κ2) is 8.46. The molecule has 1 amide bonds. The number of amides is 1. The van der Waals surface area contributed by atoms with Crippen LogP contribution in [-0.4, -0.2) is 46.3 Å². The molecule has 7 nitrogen and oxygen atoms in total. The summed E-state index contributed by atoms with van der Waals surface area (Å²) in [5.74, 6) is -0.870. The van der Waals surface area contributed by atoms with E-state index in [-0.39, 0.29) is 23.5 Å². The van der Waals surface area contributed by atoms with E-state index in [0.29, 0.717) is 29.1 Å². The molecule has 2 heterocycles. The van der Waals surface area contributed by atoms with Gasteiger partial charge in [0.25, 0.3) is 5.91 Å². The zero-order valence-corrected chi connectivity index (χ0v) is 17.5. The van der Waals surface area contributed by atoms with Crippen molar-refractivity contribution >= 4 is 17.7 Å². The van der Waals surface area contributed by atoms with Crippen molar-refractivity contribution in [2.45, 2.75) is 60.2 Å². The maximum Gasteiger partial charge on any atom is 0.354 e. The number of ether oxygens (including phenoxy) is 1. The van der Waals surface area contributed by atoms with E-state index < -0.39 is 12.0 Å². The summed E-state index contributed by atoms with van der Waals surface area (Å²) in [6, 6.07) is 2.27. The standard InChI is InChI=1S/C21H28N2O5/c1-8-22-14(5)17(13(4)18(22)21(26)27-7)19(24)15(6)23(12(2)3)20(25)16-10-9-11-28-16/h9-12,15H,8H2,1-7H3. The number of furan rings is 1. The Morgan fingerprint density at radius 3 is 2.32 bits per heavy atom. The number of ketones is 1. The lowest BCUT2D eigenvalue weighted by Gasteiger charge is -2.31. The van der Waals surface area contributed by atoms with E-state index in [1.165, 1.54) is 18.3 Å². The van der Waals surface area contributed by atoms with Crippen LogP contribution in [0.4, 0.5) is 0 Å². The molecule has 2 aromatic heterocycles. The van der Waals surface area contributed by atoms with Gasteiger partial charge in [-0.2, -0.15) is 0 Å². The first kappa shape index (κ1) is 21.5. The highest BCUT2D eigenvalue weighted by Gasteiger charge is 2.34. The van der Waals surface area contributed by atoms with Crippen LogP contribution >= 0.6 is 0 Å². The van der Waals surface area contributed by atoms with E-state index in [2.05, 4.69) is 0 Å². The molecule has 152 valence electrons. The molecule has 0 aliphatic carbocycles. The Bertz CT molecular complexity index is 877. The fraction of sp³-hybridized carbons (Fsp3) is 0.476. The van der Waals surface area contributed by atoms with E-state index in [1.54, 1.807) is 37.5 Å². The third kappa shape index (κ3) is 3.61. The molecule has 0 aliphatic heterocycles. The summed E-state index contributed by atoms with van der Waals surface area (Å²) in [4.78, 5) is 40.0. The number of methoxy groups -OCH3 is 1. The van der Waals surface area contributed by atoms with Crippen LogP contribution in [-0.2, 0) is 11.3 Å². The minimum Gasteiger partial charge on any atom is -0.464 e. The number of hydrogen-bond donors (Lipinski definition) is 0. The molecule has 0 fully saturated rings. The van der Waals surface area contributed by atoms with Gasteiger partial charge in [0, 0.05) is 23.8 Å². The molecule has 1 atom stereocenters. The lowest BCUT2D eigenvalue weighted by atomic mass is 9.99. The van der Waals surface area contributed by atoms with Crippen LogP contribution in [0.3, 0.4) is 0 Å². The lowest BCUT2D eigenvalue weighted by molar-refractivity contribution is 0.0540. The van der Waals surface area contributed by atoms with E-state index >= 15 is 0 Å². The highest BCUT2D eigenvalue weighted by atomic mass is 16.5. The van der Waals surface area contributed by atoms with Gasteiger partial charge in [-0.25, -0.2) is 4.79 Å². The number of carbonyl (C=O) groups is 3. The zero-order chi connectivity index (χ0) is 21.2. The molecule has 0 aliphatic rings. The summed E-state index contributed by atoms with van der Waals surface area (Å²) in [6.45, 7) is 11.4. The Labute approximate surface area is 165 Å². The first-order valence-corrected chi connectivity index (χ1v) is 9.35. The van der Waals surface area contributed by atoms with Gasteiger partial charge < -0.3 is 18.6 Å². The molecule has 28 heavy (non-hydrogen) atoms. The fourth-order valence-corrected chi connectivity index (χ4v) is 3.73. The largest absolute Gasteiger partial charge is 0.464 e. The summed E-state index contributed by atoms with van der Waals surface area (Å²) < 4.78 is 11.9. The number of rotatable bonds is 7. The molecule has 0 N–H and O–H groups in total. The second-order valence-electron chi connectivity index (χ2n) is 6.99. The van der Waals surface area contributed by atoms with Crippen LogP contribution in [0, 0.1) is 13.8 Å². The molecular formula is C21H28N2O5. The molecule has 7 heteroatoms. The SMILES string of the molecule is CCn1c(C)c(C(=O)C(C)N(C(=O)c2ccco2)C(C)C)c(C)c1C(=O)OC. The second-order valence-corrected chi connectivity index (χ2v) is 6.99. The molecule has 1 unspecified atom stereocenters. The molecule has 0 bridgehead atoms. The summed E-state index contributed by atoms with van der Waals surface area (Å²) in [7, 11) is 1.32. The average molecular weight is 388 g/mol. The van der Waals surface area contributed by atoms with Crippen molar-refractivity contribution in [3.05, 3.63) is 46.7 Å². The predicted molar refractivity (Wildman–Crippen MR) is 105 cm³/mol. The number of hydrogen-bond acceptors (Lipinski definition) is 5. The molecule has 0 saturated carbocycles. The maximum atomic E-state index is 13.4. The number of carbonyl (C=O) groups excluding carboxylic acids is 3. The summed E-state index contributed by atoms with van der Waals surface area (Å²) in [6.07, 6.45) is 1.43. The molecular weight excluding hydrogens is 360 g/mol. The van der Waals surface area contributed by atoms with Gasteiger partial charge in [0.2, 0.25) is 0 Å². The highest BCUT2D eigenvalue weighted by Crippen LogP contribution is 2.26. The van der Waals surface area contributed by atoms with E-state index in [0.717, 1.165) is 0 Å². The van der Waals surface area contributed by atoms with Crippen molar-refractivity contribution in [2.24, 2.45) is 0 Å². The Morgan fingerprint density at radius 1 is 1.21 bits per heavy atom. The van der Waals surface area contributed by atoms with Gasteiger partial charge in [0.05, 0.1) is 19.4 Å². The number of nitrogens with zero attached hydrogens (tertiary/aromatic N) is 2.